The van der Waals surface area contributed by atoms with Gasteiger partial charge in [-0.15, -0.1) is 0 Å². The van der Waals surface area contributed by atoms with Crippen LogP contribution in [0.3, 0.4) is 0 Å². The molecule has 4 nitrogen and oxygen atoms in total. The lowest BCUT2D eigenvalue weighted by Crippen LogP contribution is -2.02. The fraction of sp³-hybridized carbons (Fsp3) is 0. The third-order valence-corrected chi connectivity index (χ3v) is 9.67. The van der Waals surface area contributed by atoms with Crippen molar-refractivity contribution in [3.8, 4) is 33.4 Å². The molecule has 216 valence electrons. The van der Waals surface area contributed by atoms with Gasteiger partial charge in [-0.2, -0.15) is 8.42 Å². The van der Waals surface area contributed by atoms with Gasteiger partial charge < -0.3 is 0 Å². The van der Waals surface area contributed by atoms with Gasteiger partial charge in [-0.05, 0) is 63.2 Å². The zero-order valence-electron chi connectivity index (χ0n) is 23.6. The lowest BCUT2D eigenvalue weighted by atomic mass is 9.94. The Morgan fingerprint density at radius 2 is 1.07 bits per heavy atom. The van der Waals surface area contributed by atoms with Crippen molar-refractivity contribution in [1.82, 2.24) is 0 Å². The molecular weight excluding hydrogens is 585 g/mol. The van der Waals surface area contributed by atoms with E-state index >= 15 is 0 Å². The minimum Gasteiger partial charge on any atom is -0.282 e. The molecule has 6 aromatic rings. The Kier molecular flexibility index (Phi) is 8.48. The van der Waals surface area contributed by atoms with E-state index in [1.807, 2.05) is 152 Å². The van der Waals surface area contributed by atoms with Crippen molar-refractivity contribution >= 4 is 31.9 Å². The van der Waals surface area contributed by atoms with E-state index in [1.54, 1.807) is 6.07 Å². The van der Waals surface area contributed by atoms with Crippen molar-refractivity contribution in [1.29, 1.82) is 0 Å². The average Bonchev–Trinajstić information content (AvgIpc) is 3.08. The van der Waals surface area contributed by atoms with Crippen LogP contribution in [0.4, 0.5) is 0 Å². The standard InChI is InChI=1S/C38H28O4S2/c39-43(34-25-23-30(24-26-34)29-11-4-1-5-12-29)36(32-13-6-2-7-14-32)27-28-19-21-31(22-20-28)35-17-10-18-37(44(40,41)42)38(35)33-15-8-3-9-16-33/h1-27H,(H,40,41,42)/b36-27+. The van der Waals surface area contributed by atoms with Gasteiger partial charge in [0, 0.05) is 10.5 Å². The molecule has 6 heteroatoms. The summed E-state index contributed by atoms with van der Waals surface area (Å²) in [4.78, 5) is 1.22. The molecule has 0 radical (unpaired) electrons. The molecular formula is C38H28O4S2. The van der Waals surface area contributed by atoms with Gasteiger partial charge in [0.1, 0.15) is 4.90 Å². The topological polar surface area (TPSA) is 71.4 Å². The normalized spacial score (nSPS) is 12.5. The Morgan fingerprint density at radius 1 is 0.545 bits per heavy atom. The smallest absolute Gasteiger partial charge is 0.282 e. The predicted octanol–water partition coefficient (Wildman–Crippen LogP) is 9.24. The number of hydrogen-bond donors (Lipinski definition) is 1. The SMILES string of the molecule is O=S(/C(=C/c1ccc(-c2cccc(S(=O)(=O)O)c2-c2ccccc2)cc1)c1ccccc1)c1ccc(-c2ccccc2)cc1. The van der Waals surface area contributed by atoms with E-state index in [0.717, 1.165) is 27.8 Å². The summed E-state index contributed by atoms with van der Waals surface area (Å²) in [6, 6.07) is 49.2. The maximum absolute atomic E-state index is 14.0. The number of benzene rings is 6. The Labute approximate surface area is 260 Å². The summed E-state index contributed by atoms with van der Waals surface area (Å²) >= 11 is 0. The van der Waals surface area contributed by atoms with Crippen LogP contribution in [-0.2, 0) is 20.9 Å². The maximum atomic E-state index is 14.0. The second kappa shape index (κ2) is 12.8. The summed E-state index contributed by atoms with van der Waals surface area (Å²) in [5.41, 5.74) is 6.42. The Morgan fingerprint density at radius 3 is 1.66 bits per heavy atom. The fourth-order valence-corrected chi connectivity index (χ4v) is 7.14. The molecule has 6 aromatic carbocycles. The van der Waals surface area contributed by atoms with E-state index in [1.165, 1.54) is 6.07 Å². The van der Waals surface area contributed by atoms with Gasteiger partial charge in [-0.1, -0.05) is 140 Å². The van der Waals surface area contributed by atoms with E-state index < -0.39 is 20.9 Å². The first-order chi connectivity index (χ1) is 21.4. The van der Waals surface area contributed by atoms with Crippen LogP contribution in [0.2, 0.25) is 0 Å². The number of hydrogen-bond acceptors (Lipinski definition) is 3. The molecule has 0 saturated heterocycles. The molecule has 1 atom stereocenters. The van der Waals surface area contributed by atoms with Gasteiger partial charge in [0.05, 0.1) is 15.7 Å². The molecule has 1 N–H and O–H groups in total. The average molecular weight is 613 g/mol. The highest BCUT2D eigenvalue weighted by atomic mass is 32.2. The van der Waals surface area contributed by atoms with Crippen LogP contribution >= 0.6 is 0 Å². The van der Waals surface area contributed by atoms with Gasteiger partial charge in [-0.3, -0.25) is 4.55 Å². The number of rotatable bonds is 8. The second-order valence-corrected chi connectivity index (χ2v) is 13.0. The maximum Gasteiger partial charge on any atom is 0.295 e. The summed E-state index contributed by atoms with van der Waals surface area (Å²) in [5.74, 6) is 0. The Hall–Kier alpha value is -4.88. The van der Waals surface area contributed by atoms with Crippen molar-refractivity contribution in [2.24, 2.45) is 0 Å². The van der Waals surface area contributed by atoms with E-state index in [2.05, 4.69) is 0 Å². The third kappa shape index (κ3) is 6.38. The van der Waals surface area contributed by atoms with E-state index in [9.17, 15) is 17.2 Å². The molecule has 0 aliphatic rings. The van der Waals surface area contributed by atoms with E-state index in [-0.39, 0.29) is 4.90 Å². The Bertz CT molecular complexity index is 2050. The molecule has 0 spiro atoms. The van der Waals surface area contributed by atoms with Crippen LogP contribution in [0.1, 0.15) is 11.1 Å². The zero-order valence-corrected chi connectivity index (χ0v) is 25.2. The zero-order chi connectivity index (χ0) is 30.5. The minimum atomic E-state index is -4.46. The molecule has 1 unspecified atom stereocenters. The first-order valence-electron chi connectivity index (χ1n) is 14.0. The molecule has 0 aromatic heterocycles. The second-order valence-electron chi connectivity index (χ2n) is 10.2. The molecule has 0 bridgehead atoms. The summed E-state index contributed by atoms with van der Waals surface area (Å²) in [6.07, 6.45) is 1.92. The van der Waals surface area contributed by atoms with E-state index in [4.69, 9.17) is 0 Å². The van der Waals surface area contributed by atoms with Crippen LogP contribution < -0.4 is 0 Å². The molecule has 0 heterocycles. The first kappa shape index (κ1) is 29.2. The van der Waals surface area contributed by atoms with Gasteiger partial charge >= 0.3 is 0 Å². The van der Waals surface area contributed by atoms with Crippen molar-refractivity contribution in [3.05, 3.63) is 169 Å². The molecule has 0 aliphatic carbocycles. The first-order valence-corrected chi connectivity index (χ1v) is 16.6. The molecule has 44 heavy (non-hydrogen) atoms. The lowest BCUT2D eigenvalue weighted by Gasteiger charge is -2.14. The lowest BCUT2D eigenvalue weighted by molar-refractivity contribution is 0.483. The Balaban J connectivity index is 1.38. The minimum absolute atomic E-state index is 0.148. The van der Waals surface area contributed by atoms with Crippen LogP contribution in [0, 0.1) is 0 Å². The fourth-order valence-electron chi connectivity index (χ4n) is 5.17. The molecule has 0 fully saturated rings. The van der Waals surface area contributed by atoms with E-state index in [0.29, 0.717) is 26.5 Å². The van der Waals surface area contributed by atoms with Crippen LogP contribution in [0.15, 0.2) is 168 Å². The molecule has 6 rings (SSSR count). The summed E-state index contributed by atoms with van der Waals surface area (Å²) in [7, 11) is -5.92. The van der Waals surface area contributed by atoms with Crippen molar-refractivity contribution in [3.63, 3.8) is 0 Å². The summed E-state index contributed by atoms with van der Waals surface area (Å²) in [5, 5.41) is 0. The summed E-state index contributed by atoms with van der Waals surface area (Å²) < 4.78 is 48.6. The van der Waals surface area contributed by atoms with Gasteiger partial charge in [-0.25, -0.2) is 4.21 Å². The largest absolute Gasteiger partial charge is 0.295 e. The van der Waals surface area contributed by atoms with Crippen molar-refractivity contribution in [2.75, 3.05) is 0 Å². The van der Waals surface area contributed by atoms with Gasteiger partial charge in [0.25, 0.3) is 10.1 Å². The molecule has 0 saturated carbocycles. The van der Waals surface area contributed by atoms with Crippen molar-refractivity contribution in [2.45, 2.75) is 9.79 Å². The van der Waals surface area contributed by atoms with Crippen LogP contribution in [-0.4, -0.2) is 17.2 Å². The highest BCUT2D eigenvalue weighted by Crippen LogP contribution is 2.37. The molecule has 0 amide bonds. The predicted molar refractivity (Wildman–Crippen MR) is 180 cm³/mol. The van der Waals surface area contributed by atoms with Gasteiger partial charge in [0.2, 0.25) is 0 Å². The van der Waals surface area contributed by atoms with Crippen LogP contribution in [0.25, 0.3) is 44.4 Å². The van der Waals surface area contributed by atoms with Gasteiger partial charge in [0.15, 0.2) is 0 Å². The highest BCUT2D eigenvalue weighted by Gasteiger charge is 2.20. The summed E-state index contributed by atoms with van der Waals surface area (Å²) in [6.45, 7) is 0. The highest BCUT2D eigenvalue weighted by molar-refractivity contribution is 7.94. The quantitative estimate of drug-likeness (QED) is 0.137. The van der Waals surface area contributed by atoms with Crippen molar-refractivity contribution < 1.29 is 17.2 Å². The third-order valence-electron chi connectivity index (χ3n) is 7.32. The van der Waals surface area contributed by atoms with Crippen LogP contribution in [0.5, 0.6) is 0 Å². The molecule has 0 aliphatic heterocycles. The monoisotopic (exact) mass is 612 g/mol.